The van der Waals surface area contributed by atoms with Gasteiger partial charge in [0.15, 0.2) is 0 Å². The van der Waals surface area contributed by atoms with Crippen LogP contribution in [0.4, 0.5) is 0 Å². The molecule has 1 N–H and O–H groups in total. The number of carbonyl (C=O) groups is 1. The molecule has 0 aliphatic carbocycles. The first kappa shape index (κ1) is 9.85. The Morgan fingerprint density at radius 2 is 2.47 bits per heavy atom. The van der Waals surface area contributed by atoms with Crippen LogP contribution in [0.1, 0.15) is 20.9 Å². The van der Waals surface area contributed by atoms with Crippen molar-refractivity contribution in [3.63, 3.8) is 0 Å². The molecule has 0 spiro atoms. The highest BCUT2D eigenvalue weighted by molar-refractivity contribution is 7.05. The maximum Gasteiger partial charge on any atom is 0.352 e. The van der Waals surface area contributed by atoms with Gasteiger partial charge < -0.3 is 9.67 Å². The average molecular weight is 223 g/mol. The van der Waals surface area contributed by atoms with Gasteiger partial charge >= 0.3 is 5.97 Å². The molecule has 0 unspecified atom stereocenters. The smallest absolute Gasteiger partial charge is 0.352 e. The van der Waals surface area contributed by atoms with E-state index in [9.17, 15) is 4.79 Å². The summed E-state index contributed by atoms with van der Waals surface area (Å²) in [7, 11) is 0. The summed E-state index contributed by atoms with van der Waals surface area (Å²) in [6.45, 7) is 2.29. The van der Waals surface area contributed by atoms with Gasteiger partial charge in [-0.15, -0.1) is 5.10 Å². The summed E-state index contributed by atoms with van der Waals surface area (Å²) in [4.78, 5) is 11.9. The van der Waals surface area contributed by atoms with Crippen LogP contribution in [0.3, 0.4) is 0 Å². The van der Waals surface area contributed by atoms with Gasteiger partial charge in [-0.3, -0.25) is 0 Å². The number of aromatic carboxylic acids is 1. The molecule has 2 heterocycles. The van der Waals surface area contributed by atoms with E-state index < -0.39 is 5.97 Å². The monoisotopic (exact) mass is 223 g/mol. The number of rotatable bonds is 3. The number of carboxylic acid groups (broad SMARTS) is 1. The van der Waals surface area contributed by atoms with Crippen LogP contribution in [0.25, 0.3) is 0 Å². The van der Waals surface area contributed by atoms with Gasteiger partial charge in [0.1, 0.15) is 5.69 Å². The maximum absolute atomic E-state index is 11.0. The Kier molecular flexibility index (Phi) is 2.51. The first-order valence-corrected chi connectivity index (χ1v) is 5.11. The lowest BCUT2D eigenvalue weighted by atomic mass is 10.3. The molecule has 0 amide bonds. The average Bonchev–Trinajstić information content (AvgIpc) is 2.76. The number of aryl methyl sites for hydroxylation is 1. The quantitative estimate of drug-likeness (QED) is 0.853. The summed E-state index contributed by atoms with van der Waals surface area (Å²) >= 11 is 1.27. The van der Waals surface area contributed by atoms with Crippen molar-refractivity contribution in [1.29, 1.82) is 0 Å². The zero-order valence-electron chi connectivity index (χ0n) is 8.04. The minimum absolute atomic E-state index is 0.323. The van der Waals surface area contributed by atoms with E-state index in [1.165, 1.54) is 11.5 Å². The van der Waals surface area contributed by atoms with Gasteiger partial charge in [-0.2, -0.15) is 0 Å². The molecule has 5 nitrogen and oxygen atoms in total. The second kappa shape index (κ2) is 3.82. The van der Waals surface area contributed by atoms with Gasteiger partial charge in [0.25, 0.3) is 0 Å². The van der Waals surface area contributed by atoms with Gasteiger partial charge in [0.05, 0.1) is 17.6 Å². The lowest BCUT2D eigenvalue weighted by molar-refractivity contribution is 0.0685. The van der Waals surface area contributed by atoms with Crippen molar-refractivity contribution in [3.8, 4) is 0 Å². The van der Waals surface area contributed by atoms with Gasteiger partial charge in [0, 0.05) is 6.20 Å². The molecular formula is C9H9N3O2S. The number of nitrogens with zero attached hydrogens (tertiary/aromatic N) is 3. The Balaban J connectivity index is 2.33. The highest BCUT2D eigenvalue weighted by Crippen LogP contribution is 2.13. The molecule has 6 heteroatoms. The van der Waals surface area contributed by atoms with E-state index in [1.807, 2.05) is 0 Å². The summed E-state index contributed by atoms with van der Waals surface area (Å²) < 4.78 is 5.42. The number of carboxylic acids is 1. The van der Waals surface area contributed by atoms with Crippen LogP contribution in [0.2, 0.25) is 0 Å². The molecule has 15 heavy (non-hydrogen) atoms. The minimum Gasteiger partial charge on any atom is -0.477 e. The molecule has 2 aromatic heterocycles. The highest BCUT2D eigenvalue weighted by Gasteiger charge is 2.13. The second-order valence-electron chi connectivity index (χ2n) is 3.16. The van der Waals surface area contributed by atoms with E-state index in [1.54, 1.807) is 30.0 Å². The first-order valence-electron chi connectivity index (χ1n) is 4.33. The first-order chi connectivity index (χ1) is 7.18. The third-order valence-corrected chi connectivity index (χ3v) is 2.75. The van der Waals surface area contributed by atoms with Crippen LogP contribution in [0.15, 0.2) is 18.5 Å². The fourth-order valence-electron chi connectivity index (χ4n) is 1.43. The molecule has 0 atom stereocenters. The minimum atomic E-state index is -0.907. The predicted molar refractivity (Wildman–Crippen MR) is 55.1 cm³/mol. The normalized spacial score (nSPS) is 10.5. The molecular weight excluding hydrogens is 214 g/mol. The molecule has 0 radical (unpaired) electrons. The number of aromatic nitrogens is 3. The predicted octanol–water partition coefficient (Wildman–Crippen LogP) is 1.39. The Labute approximate surface area is 90.1 Å². The standard InChI is InChI=1S/C9H9N3O2S/c1-6-2-3-12(8(6)9(13)14)5-7-4-10-11-15-7/h2-4H,5H2,1H3,(H,13,14). The molecule has 2 aromatic rings. The second-order valence-corrected chi connectivity index (χ2v) is 4.03. The molecule has 2 rings (SSSR count). The van der Waals surface area contributed by atoms with Gasteiger partial charge in [-0.1, -0.05) is 4.49 Å². The summed E-state index contributed by atoms with van der Waals surface area (Å²) in [6, 6.07) is 1.79. The Bertz CT molecular complexity index is 476. The van der Waals surface area contributed by atoms with Crippen molar-refractivity contribution < 1.29 is 9.90 Å². The molecule has 0 fully saturated rings. The molecule has 0 aliphatic heterocycles. The SMILES string of the molecule is Cc1ccn(Cc2cnns2)c1C(=O)O. The van der Waals surface area contributed by atoms with E-state index >= 15 is 0 Å². The van der Waals surface area contributed by atoms with Crippen molar-refractivity contribution in [2.75, 3.05) is 0 Å². The van der Waals surface area contributed by atoms with Crippen LogP contribution in [0.5, 0.6) is 0 Å². The molecule has 0 aromatic carbocycles. The summed E-state index contributed by atoms with van der Waals surface area (Å²) in [5, 5.41) is 12.7. The van der Waals surface area contributed by atoms with E-state index in [-0.39, 0.29) is 0 Å². The van der Waals surface area contributed by atoms with Crippen LogP contribution >= 0.6 is 11.5 Å². The molecule has 78 valence electrons. The van der Waals surface area contributed by atoms with Crippen LogP contribution in [-0.2, 0) is 6.54 Å². The summed E-state index contributed by atoms with van der Waals surface area (Å²) in [5.74, 6) is -0.907. The largest absolute Gasteiger partial charge is 0.477 e. The van der Waals surface area contributed by atoms with Crippen molar-refractivity contribution in [2.45, 2.75) is 13.5 Å². The summed E-state index contributed by atoms with van der Waals surface area (Å²) in [5.41, 5.74) is 1.09. The molecule has 0 saturated carbocycles. The van der Waals surface area contributed by atoms with E-state index in [4.69, 9.17) is 5.11 Å². The fraction of sp³-hybridized carbons (Fsp3) is 0.222. The molecule has 0 bridgehead atoms. The van der Waals surface area contributed by atoms with Crippen LogP contribution in [-0.4, -0.2) is 25.2 Å². The zero-order valence-corrected chi connectivity index (χ0v) is 8.86. The van der Waals surface area contributed by atoms with Crippen LogP contribution in [0, 0.1) is 6.92 Å². The number of hydrogen-bond donors (Lipinski definition) is 1. The van der Waals surface area contributed by atoms with Gasteiger partial charge in [-0.25, -0.2) is 4.79 Å². The van der Waals surface area contributed by atoms with Crippen molar-refractivity contribution in [1.82, 2.24) is 14.2 Å². The van der Waals surface area contributed by atoms with Crippen molar-refractivity contribution in [2.24, 2.45) is 0 Å². The van der Waals surface area contributed by atoms with Gasteiger partial charge in [-0.05, 0) is 30.1 Å². The Hall–Kier alpha value is -1.69. The summed E-state index contributed by atoms with van der Waals surface area (Å²) in [6.07, 6.45) is 3.41. The van der Waals surface area contributed by atoms with Gasteiger partial charge in [0.2, 0.25) is 0 Å². The maximum atomic E-state index is 11.0. The van der Waals surface area contributed by atoms with Crippen molar-refractivity contribution >= 4 is 17.5 Å². The van der Waals surface area contributed by atoms with Crippen molar-refractivity contribution in [3.05, 3.63) is 34.6 Å². The highest BCUT2D eigenvalue weighted by atomic mass is 32.1. The third-order valence-electron chi connectivity index (χ3n) is 2.10. The molecule has 0 aliphatic rings. The Morgan fingerprint density at radius 1 is 1.67 bits per heavy atom. The molecule has 0 saturated heterocycles. The van der Waals surface area contributed by atoms with E-state index in [0.717, 1.165) is 10.4 Å². The number of hydrogen-bond acceptors (Lipinski definition) is 4. The van der Waals surface area contributed by atoms with E-state index in [2.05, 4.69) is 9.59 Å². The third kappa shape index (κ3) is 1.89. The Morgan fingerprint density at radius 3 is 3.07 bits per heavy atom. The lowest BCUT2D eigenvalue weighted by Gasteiger charge is -2.03. The van der Waals surface area contributed by atoms with Crippen LogP contribution < -0.4 is 0 Å². The van der Waals surface area contributed by atoms with E-state index in [0.29, 0.717) is 12.2 Å². The topological polar surface area (TPSA) is 68.0 Å². The zero-order chi connectivity index (χ0) is 10.8. The fourth-order valence-corrected chi connectivity index (χ4v) is 1.92. The lowest BCUT2D eigenvalue weighted by Crippen LogP contribution is -2.09.